The predicted molar refractivity (Wildman–Crippen MR) is 67.0 cm³/mol. The van der Waals surface area contributed by atoms with Crippen molar-refractivity contribution in [1.82, 2.24) is 9.78 Å². The lowest BCUT2D eigenvalue weighted by atomic mass is 9.90. The number of nitrogens with zero attached hydrogens (tertiary/aromatic N) is 2. The van der Waals surface area contributed by atoms with E-state index >= 15 is 0 Å². The molecule has 1 aromatic heterocycles. The quantitative estimate of drug-likeness (QED) is 0.883. The molecule has 16 heavy (non-hydrogen) atoms. The number of anilines is 1. The van der Waals surface area contributed by atoms with Crippen molar-refractivity contribution in [2.24, 2.45) is 12.5 Å². The van der Waals surface area contributed by atoms with Crippen molar-refractivity contribution >= 4 is 17.3 Å². The summed E-state index contributed by atoms with van der Waals surface area (Å²) < 4.78 is 1.22. The highest BCUT2D eigenvalue weighted by Crippen LogP contribution is 2.22. The maximum atomic E-state index is 11.5. The van der Waals surface area contributed by atoms with Crippen molar-refractivity contribution in [3.05, 3.63) is 21.6 Å². The third kappa shape index (κ3) is 2.98. The van der Waals surface area contributed by atoms with Crippen LogP contribution in [0.2, 0.25) is 5.02 Å². The first-order valence-electron chi connectivity index (χ1n) is 5.33. The number of hydrogen-bond acceptors (Lipinski definition) is 3. The van der Waals surface area contributed by atoms with Gasteiger partial charge in [0.05, 0.1) is 11.9 Å². The van der Waals surface area contributed by atoms with Gasteiger partial charge in [-0.05, 0) is 11.8 Å². The smallest absolute Gasteiger partial charge is 0.287 e. The van der Waals surface area contributed by atoms with Gasteiger partial charge in [0.1, 0.15) is 5.02 Å². The van der Waals surface area contributed by atoms with E-state index in [-0.39, 0.29) is 16.0 Å². The van der Waals surface area contributed by atoms with E-state index in [9.17, 15) is 4.79 Å². The first kappa shape index (κ1) is 13.0. The van der Waals surface area contributed by atoms with E-state index in [1.165, 1.54) is 4.68 Å². The fraction of sp³-hybridized carbons (Fsp3) is 0.636. The van der Waals surface area contributed by atoms with E-state index in [0.29, 0.717) is 5.69 Å². The molecule has 1 rings (SSSR count). The van der Waals surface area contributed by atoms with Crippen LogP contribution in [0.3, 0.4) is 0 Å². The SMILES string of the molecule is CCC(C)(C)CNc1cnn(C)c(=O)c1Cl. The van der Waals surface area contributed by atoms with E-state index in [4.69, 9.17) is 11.6 Å². The highest BCUT2D eigenvalue weighted by atomic mass is 35.5. The summed E-state index contributed by atoms with van der Waals surface area (Å²) in [6.07, 6.45) is 2.63. The molecule has 90 valence electrons. The molecule has 0 saturated heterocycles. The average molecular weight is 244 g/mol. The number of hydrogen-bond donors (Lipinski definition) is 1. The van der Waals surface area contributed by atoms with Gasteiger partial charge in [-0.3, -0.25) is 4.79 Å². The van der Waals surface area contributed by atoms with Gasteiger partial charge in [0.15, 0.2) is 0 Å². The lowest BCUT2D eigenvalue weighted by Crippen LogP contribution is -2.25. The molecule has 0 radical (unpaired) electrons. The second-order valence-electron chi connectivity index (χ2n) is 4.67. The normalized spacial score (nSPS) is 11.6. The third-order valence-corrected chi connectivity index (χ3v) is 3.16. The van der Waals surface area contributed by atoms with Crippen LogP contribution >= 0.6 is 11.6 Å². The van der Waals surface area contributed by atoms with Crippen LogP contribution < -0.4 is 10.9 Å². The van der Waals surface area contributed by atoms with Crippen LogP contribution in [0.5, 0.6) is 0 Å². The summed E-state index contributed by atoms with van der Waals surface area (Å²) in [5, 5.41) is 7.29. The first-order chi connectivity index (χ1) is 7.37. The van der Waals surface area contributed by atoms with Gasteiger partial charge >= 0.3 is 0 Å². The summed E-state index contributed by atoms with van der Waals surface area (Å²) in [5.41, 5.74) is 0.497. The molecule has 0 amide bonds. The van der Waals surface area contributed by atoms with Gasteiger partial charge in [0.25, 0.3) is 5.56 Å². The van der Waals surface area contributed by atoms with Crippen LogP contribution in [0.15, 0.2) is 11.0 Å². The Balaban J connectivity index is 2.84. The van der Waals surface area contributed by atoms with Gasteiger partial charge in [0.2, 0.25) is 0 Å². The van der Waals surface area contributed by atoms with Crippen LogP contribution in [0.25, 0.3) is 0 Å². The highest BCUT2D eigenvalue weighted by molar-refractivity contribution is 6.32. The molecule has 0 aliphatic heterocycles. The molecular weight excluding hydrogens is 226 g/mol. The van der Waals surface area contributed by atoms with Crippen molar-refractivity contribution in [2.45, 2.75) is 27.2 Å². The van der Waals surface area contributed by atoms with Crippen LogP contribution in [0.4, 0.5) is 5.69 Å². The van der Waals surface area contributed by atoms with Gasteiger partial charge in [-0.1, -0.05) is 32.4 Å². The number of aryl methyl sites for hydroxylation is 1. The zero-order valence-electron chi connectivity index (χ0n) is 10.2. The Labute approximate surface area is 101 Å². The summed E-state index contributed by atoms with van der Waals surface area (Å²) in [6.45, 7) is 7.20. The van der Waals surface area contributed by atoms with Gasteiger partial charge in [0, 0.05) is 13.6 Å². The van der Waals surface area contributed by atoms with Crippen molar-refractivity contribution in [2.75, 3.05) is 11.9 Å². The molecule has 0 aliphatic carbocycles. The predicted octanol–water partition coefficient (Wildman–Crippen LogP) is 2.28. The van der Waals surface area contributed by atoms with Crippen molar-refractivity contribution < 1.29 is 0 Å². The standard InChI is InChI=1S/C11H18ClN3O/c1-5-11(2,3)7-13-8-6-14-15(4)10(16)9(8)12/h6,13H,5,7H2,1-4H3. The van der Waals surface area contributed by atoms with E-state index in [0.717, 1.165) is 13.0 Å². The van der Waals surface area contributed by atoms with Gasteiger partial charge < -0.3 is 5.32 Å². The molecule has 0 unspecified atom stereocenters. The number of rotatable bonds is 4. The second kappa shape index (κ2) is 4.87. The Morgan fingerprint density at radius 2 is 2.19 bits per heavy atom. The zero-order valence-corrected chi connectivity index (χ0v) is 10.9. The maximum absolute atomic E-state index is 11.5. The third-order valence-electron chi connectivity index (χ3n) is 2.79. The van der Waals surface area contributed by atoms with Crippen molar-refractivity contribution in [1.29, 1.82) is 0 Å². The van der Waals surface area contributed by atoms with Crippen LogP contribution in [0, 0.1) is 5.41 Å². The van der Waals surface area contributed by atoms with E-state index < -0.39 is 0 Å². The Bertz CT molecular complexity index is 426. The Hall–Kier alpha value is -1.03. The van der Waals surface area contributed by atoms with Crippen molar-refractivity contribution in [3.63, 3.8) is 0 Å². The number of aromatic nitrogens is 2. The summed E-state index contributed by atoms with van der Waals surface area (Å²) >= 11 is 5.93. The van der Waals surface area contributed by atoms with Crippen LogP contribution in [-0.4, -0.2) is 16.3 Å². The molecule has 0 aliphatic rings. The minimum atomic E-state index is -0.277. The summed E-state index contributed by atoms with van der Waals surface area (Å²) in [5.74, 6) is 0. The van der Waals surface area contributed by atoms with Crippen LogP contribution in [0.1, 0.15) is 27.2 Å². The van der Waals surface area contributed by atoms with E-state index in [1.807, 2.05) is 0 Å². The minimum absolute atomic E-state index is 0.171. The molecule has 0 atom stereocenters. The average Bonchev–Trinajstić information content (AvgIpc) is 2.25. The molecule has 1 heterocycles. The monoisotopic (exact) mass is 243 g/mol. The van der Waals surface area contributed by atoms with E-state index in [2.05, 4.69) is 31.2 Å². The fourth-order valence-electron chi connectivity index (χ4n) is 1.09. The largest absolute Gasteiger partial charge is 0.382 e. The zero-order chi connectivity index (χ0) is 12.3. The Morgan fingerprint density at radius 1 is 1.56 bits per heavy atom. The molecule has 0 fully saturated rings. The summed E-state index contributed by atoms with van der Waals surface area (Å²) in [6, 6.07) is 0. The molecule has 4 nitrogen and oxygen atoms in total. The van der Waals surface area contributed by atoms with Crippen LogP contribution in [-0.2, 0) is 7.05 Å². The molecular formula is C11H18ClN3O. The summed E-state index contributed by atoms with van der Waals surface area (Å²) in [7, 11) is 1.58. The molecule has 1 aromatic rings. The van der Waals surface area contributed by atoms with Gasteiger partial charge in [-0.25, -0.2) is 4.68 Å². The molecule has 0 spiro atoms. The maximum Gasteiger partial charge on any atom is 0.287 e. The lowest BCUT2D eigenvalue weighted by Gasteiger charge is -2.23. The second-order valence-corrected chi connectivity index (χ2v) is 5.05. The molecule has 0 bridgehead atoms. The first-order valence-corrected chi connectivity index (χ1v) is 5.71. The Morgan fingerprint density at radius 3 is 2.75 bits per heavy atom. The van der Waals surface area contributed by atoms with Gasteiger partial charge in [-0.15, -0.1) is 0 Å². The topological polar surface area (TPSA) is 46.9 Å². The molecule has 5 heteroatoms. The molecule has 0 aromatic carbocycles. The minimum Gasteiger partial charge on any atom is -0.382 e. The molecule has 0 saturated carbocycles. The number of halogens is 1. The number of nitrogens with one attached hydrogen (secondary N) is 1. The van der Waals surface area contributed by atoms with E-state index in [1.54, 1.807) is 13.2 Å². The fourth-order valence-corrected chi connectivity index (χ4v) is 1.33. The lowest BCUT2D eigenvalue weighted by molar-refractivity contribution is 0.377. The molecule has 1 N–H and O–H groups in total. The van der Waals surface area contributed by atoms with Gasteiger partial charge in [-0.2, -0.15) is 5.10 Å². The van der Waals surface area contributed by atoms with Crippen molar-refractivity contribution in [3.8, 4) is 0 Å². The Kier molecular flexibility index (Phi) is 3.97. The summed E-state index contributed by atoms with van der Waals surface area (Å²) in [4.78, 5) is 11.5. The highest BCUT2D eigenvalue weighted by Gasteiger charge is 2.16.